The summed E-state index contributed by atoms with van der Waals surface area (Å²) in [7, 11) is 0. The molecule has 4 rings (SSSR count). The number of esters is 2. The summed E-state index contributed by atoms with van der Waals surface area (Å²) in [6, 6.07) is 15.9. The van der Waals surface area contributed by atoms with Gasteiger partial charge in [-0.3, -0.25) is 0 Å². The molecular formula is C50H67FO8. The number of aliphatic hydroxyl groups is 3. The molecule has 0 radical (unpaired) electrons. The zero-order chi connectivity index (χ0) is 43.0. The van der Waals surface area contributed by atoms with Gasteiger partial charge in [0.2, 0.25) is 0 Å². The molecule has 0 heterocycles. The molecule has 1 fully saturated rings. The second kappa shape index (κ2) is 23.5. The van der Waals surface area contributed by atoms with Crippen LogP contribution in [0.3, 0.4) is 0 Å². The zero-order valence-electron chi connectivity index (χ0n) is 35.9. The molecule has 0 aliphatic heterocycles. The van der Waals surface area contributed by atoms with Crippen LogP contribution in [-0.4, -0.2) is 66.9 Å². The predicted molar refractivity (Wildman–Crippen MR) is 233 cm³/mol. The molecule has 0 aromatic heterocycles. The molecule has 1 aliphatic carbocycles. The molecule has 0 unspecified atom stereocenters. The van der Waals surface area contributed by atoms with Crippen LogP contribution >= 0.6 is 0 Å². The van der Waals surface area contributed by atoms with Crippen molar-refractivity contribution < 1.29 is 43.5 Å². The number of carbonyl (C=O) groups excluding carboxylic acids is 2. The summed E-state index contributed by atoms with van der Waals surface area (Å²) < 4.78 is 33.1. The molecule has 0 atom stereocenters. The third-order valence-electron chi connectivity index (χ3n) is 11.8. The van der Waals surface area contributed by atoms with Gasteiger partial charge in [0.1, 0.15) is 18.2 Å². The van der Waals surface area contributed by atoms with Crippen LogP contribution in [0.15, 0.2) is 72.8 Å². The minimum atomic E-state index is -1.27. The molecule has 1 aliphatic rings. The lowest BCUT2D eigenvalue weighted by atomic mass is 9.77. The van der Waals surface area contributed by atoms with Crippen molar-refractivity contribution >= 4 is 11.9 Å². The second-order valence-electron chi connectivity index (χ2n) is 16.6. The molecular weight excluding hydrogens is 748 g/mol. The molecule has 0 bridgehead atoms. The van der Waals surface area contributed by atoms with E-state index in [1.165, 1.54) is 38.5 Å². The number of benzene rings is 3. The number of aliphatic hydroxyl groups excluding tert-OH is 3. The smallest absolute Gasteiger partial charge is 0.333 e. The SMILES string of the molecule is C=C(C)C(=O)OCCCc1cc(-c2ccc(-c3ccc(C4CCC(CCCCC)CC4)cc3F)c(CC)c2)c(CCCOC(=O)C(=C)C)cc1OCC(CO)(CO)CO. The Hall–Kier alpha value is -4.31. The molecule has 0 saturated heterocycles. The van der Waals surface area contributed by atoms with E-state index in [2.05, 4.69) is 39.1 Å². The van der Waals surface area contributed by atoms with Crippen molar-refractivity contribution in [3.63, 3.8) is 0 Å². The van der Waals surface area contributed by atoms with Crippen LogP contribution < -0.4 is 4.74 Å². The highest BCUT2D eigenvalue weighted by atomic mass is 19.1. The molecule has 3 aromatic carbocycles. The molecule has 8 nitrogen and oxygen atoms in total. The van der Waals surface area contributed by atoms with Crippen molar-refractivity contribution in [1.29, 1.82) is 0 Å². The summed E-state index contributed by atoms with van der Waals surface area (Å²) in [5, 5.41) is 30.1. The second-order valence-corrected chi connectivity index (χ2v) is 16.6. The van der Waals surface area contributed by atoms with Crippen LogP contribution in [0.4, 0.5) is 4.39 Å². The number of ether oxygens (including phenoxy) is 3. The highest BCUT2D eigenvalue weighted by Gasteiger charge is 2.30. The maximum atomic E-state index is 16.1. The lowest BCUT2D eigenvalue weighted by Gasteiger charge is -2.29. The van der Waals surface area contributed by atoms with E-state index in [0.717, 1.165) is 57.7 Å². The Balaban J connectivity index is 1.69. The topological polar surface area (TPSA) is 123 Å². The Morgan fingerprint density at radius 1 is 0.729 bits per heavy atom. The van der Waals surface area contributed by atoms with Gasteiger partial charge in [0.05, 0.1) is 38.4 Å². The number of hydrogen-bond donors (Lipinski definition) is 3. The summed E-state index contributed by atoms with van der Waals surface area (Å²) in [5.41, 5.74) is 6.41. The summed E-state index contributed by atoms with van der Waals surface area (Å²) in [4.78, 5) is 24.2. The maximum Gasteiger partial charge on any atom is 0.333 e. The van der Waals surface area contributed by atoms with E-state index in [9.17, 15) is 24.9 Å². The molecule has 0 amide bonds. The minimum Gasteiger partial charge on any atom is -0.492 e. The fourth-order valence-electron chi connectivity index (χ4n) is 7.88. The normalized spacial score (nSPS) is 15.5. The first kappa shape index (κ1) is 47.4. The summed E-state index contributed by atoms with van der Waals surface area (Å²) in [6.07, 6.45) is 12.4. The molecule has 3 N–H and O–H groups in total. The molecule has 59 heavy (non-hydrogen) atoms. The standard InChI is InChI=1S/C50H67FO8/c1-7-9-10-13-36-16-18-38(19-17-36)39-20-23-44(46(51)28-39)43-22-21-41(26-37(43)8-2)45-27-42(15-12-25-58-49(56)35(5)6)47(59-33-50(30-52,31-53)32-54)29-40(45)14-11-24-57-48(55)34(3)4/h20-23,26-29,36,38,52-54H,3,5,7-19,24-25,30-33H2,1-2,4,6H3. The minimum absolute atomic E-state index is 0.150. The van der Waals surface area contributed by atoms with E-state index >= 15 is 4.39 Å². The van der Waals surface area contributed by atoms with E-state index in [1.807, 2.05) is 30.3 Å². The van der Waals surface area contributed by atoms with Crippen LogP contribution in [0.2, 0.25) is 0 Å². The Kier molecular flexibility index (Phi) is 18.8. The van der Waals surface area contributed by atoms with E-state index in [1.54, 1.807) is 19.9 Å². The first-order chi connectivity index (χ1) is 28.4. The van der Waals surface area contributed by atoms with E-state index in [-0.39, 0.29) is 25.6 Å². The lowest BCUT2D eigenvalue weighted by molar-refractivity contribution is -0.139. The van der Waals surface area contributed by atoms with Gasteiger partial charge in [0.15, 0.2) is 0 Å². The largest absolute Gasteiger partial charge is 0.492 e. The highest BCUT2D eigenvalue weighted by molar-refractivity contribution is 5.87. The average Bonchev–Trinajstić information content (AvgIpc) is 3.24. The van der Waals surface area contributed by atoms with E-state index in [0.29, 0.717) is 60.5 Å². The van der Waals surface area contributed by atoms with Crippen LogP contribution in [-0.2, 0) is 38.3 Å². The van der Waals surface area contributed by atoms with Gasteiger partial charge in [0, 0.05) is 16.7 Å². The summed E-state index contributed by atoms with van der Waals surface area (Å²) >= 11 is 0. The Morgan fingerprint density at radius 3 is 1.90 bits per heavy atom. The van der Waals surface area contributed by atoms with Gasteiger partial charge in [-0.15, -0.1) is 0 Å². The molecule has 3 aromatic rings. The molecule has 0 spiro atoms. The number of unbranched alkanes of at least 4 members (excludes halogenated alkanes) is 2. The van der Waals surface area contributed by atoms with Crippen LogP contribution in [0, 0.1) is 17.2 Å². The Bertz CT molecular complexity index is 1860. The lowest BCUT2D eigenvalue weighted by Crippen LogP contribution is -2.40. The number of aryl methyl sites for hydroxylation is 3. The van der Waals surface area contributed by atoms with Crippen molar-refractivity contribution in [1.82, 2.24) is 0 Å². The molecule has 322 valence electrons. The fourth-order valence-corrected chi connectivity index (χ4v) is 7.88. The number of rotatable bonds is 24. The number of hydrogen-bond acceptors (Lipinski definition) is 8. The first-order valence-corrected chi connectivity index (χ1v) is 21.6. The quantitative estimate of drug-likeness (QED) is 0.0464. The third-order valence-corrected chi connectivity index (χ3v) is 11.8. The van der Waals surface area contributed by atoms with Gasteiger partial charge in [-0.2, -0.15) is 0 Å². The van der Waals surface area contributed by atoms with Crippen molar-refractivity contribution in [2.45, 2.75) is 117 Å². The molecule has 9 heteroatoms. The van der Waals surface area contributed by atoms with Crippen LogP contribution in [0.1, 0.15) is 120 Å². The summed E-state index contributed by atoms with van der Waals surface area (Å²) in [6.45, 7) is 13.5. The third kappa shape index (κ3) is 13.3. The van der Waals surface area contributed by atoms with Gasteiger partial charge >= 0.3 is 11.9 Å². The zero-order valence-corrected chi connectivity index (χ0v) is 35.9. The van der Waals surface area contributed by atoms with Gasteiger partial charge < -0.3 is 29.5 Å². The van der Waals surface area contributed by atoms with Crippen LogP contribution in [0.5, 0.6) is 5.75 Å². The van der Waals surface area contributed by atoms with E-state index in [4.69, 9.17) is 14.2 Å². The van der Waals surface area contributed by atoms with Gasteiger partial charge in [0.25, 0.3) is 0 Å². The number of halogens is 1. The predicted octanol–water partition coefficient (Wildman–Crippen LogP) is 10.0. The number of carbonyl (C=O) groups is 2. The summed E-state index contributed by atoms with van der Waals surface area (Å²) in [5.74, 6) is 0.542. The monoisotopic (exact) mass is 814 g/mol. The van der Waals surface area contributed by atoms with Crippen molar-refractivity contribution in [3.05, 3.63) is 101 Å². The van der Waals surface area contributed by atoms with Gasteiger partial charge in [-0.1, -0.05) is 83.0 Å². The fraction of sp³-hybridized carbons (Fsp3) is 0.520. The van der Waals surface area contributed by atoms with Crippen molar-refractivity contribution in [2.24, 2.45) is 11.3 Å². The first-order valence-electron chi connectivity index (χ1n) is 21.6. The van der Waals surface area contributed by atoms with Crippen molar-refractivity contribution in [3.8, 4) is 28.0 Å². The van der Waals surface area contributed by atoms with Gasteiger partial charge in [-0.05, 0) is 141 Å². The van der Waals surface area contributed by atoms with Gasteiger partial charge in [-0.25, -0.2) is 14.0 Å². The van der Waals surface area contributed by atoms with Crippen molar-refractivity contribution in [2.75, 3.05) is 39.6 Å². The van der Waals surface area contributed by atoms with Crippen LogP contribution in [0.25, 0.3) is 22.3 Å². The maximum absolute atomic E-state index is 16.1. The Labute approximate surface area is 351 Å². The Morgan fingerprint density at radius 2 is 1.34 bits per heavy atom. The van der Waals surface area contributed by atoms with E-state index < -0.39 is 37.2 Å². The molecule has 1 saturated carbocycles. The average molecular weight is 815 g/mol. The highest BCUT2D eigenvalue weighted by Crippen LogP contribution is 2.41.